The van der Waals surface area contributed by atoms with Crippen LogP contribution in [-0.2, 0) is 11.2 Å². The average molecular weight is 462 g/mol. The molecule has 33 heavy (non-hydrogen) atoms. The number of benzene rings is 2. The van der Waals surface area contributed by atoms with E-state index in [-0.39, 0.29) is 23.5 Å². The summed E-state index contributed by atoms with van der Waals surface area (Å²) in [5.41, 5.74) is 2.80. The monoisotopic (exact) mass is 461 g/mol. The Morgan fingerprint density at radius 2 is 1.76 bits per heavy atom. The molecule has 0 aliphatic carbocycles. The second-order valence-corrected chi connectivity index (χ2v) is 8.58. The van der Waals surface area contributed by atoms with Crippen LogP contribution >= 0.6 is 11.8 Å². The van der Waals surface area contributed by atoms with Gasteiger partial charge in [-0.1, -0.05) is 42.1 Å². The van der Waals surface area contributed by atoms with E-state index in [4.69, 9.17) is 0 Å². The van der Waals surface area contributed by atoms with Crippen LogP contribution in [0.3, 0.4) is 0 Å². The molecule has 168 valence electrons. The Morgan fingerprint density at radius 1 is 1.03 bits per heavy atom. The lowest BCUT2D eigenvalue weighted by Gasteiger charge is -2.14. The Morgan fingerprint density at radius 3 is 2.48 bits per heavy atom. The van der Waals surface area contributed by atoms with Crippen molar-refractivity contribution in [3.63, 3.8) is 0 Å². The van der Waals surface area contributed by atoms with Gasteiger partial charge in [0.05, 0.1) is 5.75 Å². The molecule has 0 fully saturated rings. The van der Waals surface area contributed by atoms with Crippen LogP contribution in [0.5, 0.6) is 0 Å². The number of halogens is 1. The van der Waals surface area contributed by atoms with Gasteiger partial charge in [0.25, 0.3) is 0 Å². The molecule has 0 saturated heterocycles. The summed E-state index contributed by atoms with van der Waals surface area (Å²) in [6.45, 7) is 2.01. The molecule has 0 spiro atoms. The molecule has 0 bridgehead atoms. The van der Waals surface area contributed by atoms with Crippen molar-refractivity contribution in [2.75, 3.05) is 5.75 Å². The summed E-state index contributed by atoms with van der Waals surface area (Å²) < 4.78 is 15.3. The van der Waals surface area contributed by atoms with Crippen LogP contribution in [0.25, 0.3) is 17.1 Å². The molecular weight excluding hydrogens is 437 g/mol. The van der Waals surface area contributed by atoms with Gasteiger partial charge in [0.1, 0.15) is 5.82 Å². The molecule has 4 aromatic rings. The van der Waals surface area contributed by atoms with E-state index in [1.54, 1.807) is 24.5 Å². The summed E-state index contributed by atoms with van der Waals surface area (Å²) in [6.07, 6.45) is 5.12. The highest BCUT2D eigenvalue weighted by Gasteiger charge is 2.18. The molecule has 0 saturated carbocycles. The van der Waals surface area contributed by atoms with Gasteiger partial charge < -0.3 is 5.32 Å². The maximum atomic E-state index is 13.5. The van der Waals surface area contributed by atoms with Crippen molar-refractivity contribution in [3.8, 4) is 17.1 Å². The number of rotatable bonds is 9. The zero-order valence-corrected chi connectivity index (χ0v) is 19.0. The number of amides is 1. The molecule has 6 nitrogen and oxygen atoms in total. The first kappa shape index (κ1) is 22.7. The molecule has 2 aromatic heterocycles. The van der Waals surface area contributed by atoms with Gasteiger partial charge >= 0.3 is 0 Å². The van der Waals surface area contributed by atoms with E-state index in [9.17, 15) is 9.18 Å². The third-order valence-corrected chi connectivity index (χ3v) is 6.03. The Balaban J connectivity index is 1.43. The first-order valence-corrected chi connectivity index (χ1v) is 11.7. The number of nitrogens with one attached hydrogen (secondary N) is 1. The number of hydrogen-bond donors (Lipinski definition) is 1. The fraction of sp³-hybridized carbons (Fsp3) is 0.200. The number of carbonyl (C=O) groups excluding carboxylic acids is 1. The summed E-state index contributed by atoms with van der Waals surface area (Å²) >= 11 is 1.29. The molecule has 1 atom stereocenters. The van der Waals surface area contributed by atoms with Crippen LogP contribution in [0.15, 0.2) is 84.3 Å². The number of aryl methyl sites for hydroxylation is 1. The van der Waals surface area contributed by atoms with Crippen LogP contribution in [0, 0.1) is 5.82 Å². The third-order valence-electron chi connectivity index (χ3n) is 5.11. The van der Waals surface area contributed by atoms with E-state index in [2.05, 4.69) is 32.6 Å². The Labute approximate surface area is 196 Å². The summed E-state index contributed by atoms with van der Waals surface area (Å²) in [5.74, 6) is 0.406. The summed E-state index contributed by atoms with van der Waals surface area (Å²) in [4.78, 5) is 16.6. The van der Waals surface area contributed by atoms with Crippen molar-refractivity contribution in [3.05, 3.63) is 90.5 Å². The minimum atomic E-state index is -0.324. The molecule has 4 rings (SSSR count). The van der Waals surface area contributed by atoms with Crippen LogP contribution < -0.4 is 5.32 Å². The van der Waals surface area contributed by atoms with E-state index in [0.717, 1.165) is 18.4 Å². The van der Waals surface area contributed by atoms with Gasteiger partial charge in [-0.3, -0.25) is 14.3 Å². The SMILES string of the molecule is C[C@@H](CCc1ccccc1)NC(=O)CSc1nnc(-c2ccncc2)n1-c1ccc(F)cc1. The van der Waals surface area contributed by atoms with Gasteiger partial charge in [-0.05, 0) is 61.7 Å². The zero-order valence-electron chi connectivity index (χ0n) is 18.2. The van der Waals surface area contributed by atoms with Gasteiger partial charge in [0.2, 0.25) is 5.91 Å². The van der Waals surface area contributed by atoms with Crippen molar-refractivity contribution in [2.45, 2.75) is 31.0 Å². The Hall–Kier alpha value is -3.52. The van der Waals surface area contributed by atoms with Crippen LogP contribution in [0.1, 0.15) is 18.9 Å². The van der Waals surface area contributed by atoms with Gasteiger partial charge in [0, 0.05) is 29.7 Å². The highest BCUT2D eigenvalue weighted by atomic mass is 32.2. The normalized spacial score (nSPS) is 11.8. The minimum absolute atomic E-state index is 0.0562. The predicted molar refractivity (Wildman–Crippen MR) is 128 cm³/mol. The lowest BCUT2D eigenvalue weighted by atomic mass is 10.1. The number of pyridine rings is 1. The summed E-state index contributed by atoms with van der Waals surface area (Å²) in [5, 5.41) is 12.2. The van der Waals surface area contributed by atoms with Crippen molar-refractivity contribution >= 4 is 17.7 Å². The number of nitrogens with zero attached hydrogens (tertiary/aromatic N) is 4. The highest BCUT2D eigenvalue weighted by Crippen LogP contribution is 2.27. The van der Waals surface area contributed by atoms with Crippen molar-refractivity contribution in [2.24, 2.45) is 0 Å². The summed E-state index contributed by atoms with van der Waals surface area (Å²) in [7, 11) is 0. The fourth-order valence-electron chi connectivity index (χ4n) is 3.42. The first-order valence-electron chi connectivity index (χ1n) is 10.7. The lowest BCUT2D eigenvalue weighted by molar-refractivity contribution is -0.119. The molecule has 1 N–H and O–H groups in total. The van der Waals surface area contributed by atoms with E-state index < -0.39 is 0 Å². The maximum absolute atomic E-state index is 13.5. The second-order valence-electron chi connectivity index (χ2n) is 7.64. The van der Waals surface area contributed by atoms with Crippen molar-refractivity contribution in [1.82, 2.24) is 25.1 Å². The number of carbonyl (C=O) groups is 1. The highest BCUT2D eigenvalue weighted by molar-refractivity contribution is 7.99. The van der Waals surface area contributed by atoms with Crippen LogP contribution in [0.2, 0.25) is 0 Å². The van der Waals surface area contributed by atoms with E-state index in [1.165, 1.54) is 29.5 Å². The molecule has 8 heteroatoms. The first-order chi connectivity index (χ1) is 16.1. The van der Waals surface area contributed by atoms with Gasteiger partial charge in [-0.15, -0.1) is 10.2 Å². The van der Waals surface area contributed by atoms with E-state index in [1.807, 2.05) is 41.8 Å². The number of hydrogen-bond acceptors (Lipinski definition) is 5. The molecule has 0 aliphatic heterocycles. The van der Waals surface area contributed by atoms with Gasteiger partial charge in [-0.25, -0.2) is 4.39 Å². The lowest BCUT2D eigenvalue weighted by Crippen LogP contribution is -2.34. The molecule has 2 heterocycles. The molecule has 2 aromatic carbocycles. The molecular formula is C25H24FN5OS. The smallest absolute Gasteiger partial charge is 0.230 e. The summed E-state index contributed by atoms with van der Waals surface area (Å²) in [6, 6.07) is 20.1. The Kier molecular flexibility index (Phi) is 7.47. The molecule has 0 aliphatic rings. The maximum Gasteiger partial charge on any atom is 0.230 e. The fourth-order valence-corrected chi connectivity index (χ4v) is 4.18. The van der Waals surface area contributed by atoms with Crippen LogP contribution in [0.4, 0.5) is 4.39 Å². The number of aromatic nitrogens is 4. The van der Waals surface area contributed by atoms with Crippen LogP contribution in [-0.4, -0.2) is 37.5 Å². The predicted octanol–water partition coefficient (Wildman–Crippen LogP) is 4.70. The third kappa shape index (κ3) is 6.04. The standard InChI is InChI=1S/C25H24FN5OS/c1-18(7-8-19-5-3-2-4-6-19)28-23(32)17-33-25-30-29-24(20-13-15-27-16-14-20)31(25)22-11-9-21(26)10-12-22/h2-6,9-16,18H,7-8,17H2,1H3,(H,28,32)/t18-/m0/s1. The van der Waals surface area contributed by atoms with Gasteiger partial charge in [0.15, 0.2) is 11.0 Å². The molecule has 0 radical (unpaired) electrons. The van der Waals surface area contributed by atoms with Crippen molar-refractivity contribution < 1.29 is 9.18 Å². The minimum Gasteiger partial charge on any atom is -0.353 e. The second kappa shape index (κ2) is 10.9. The molecule has 1 amide bonds. The number of thioether (sulfide) groups is 1. The zero-order chi connectivity index (χ0) is 23.0. The van der Waals surface area contributed by atoms with E-state index in [0.29, 0.717) is 16.7 Å². The largest absolute Gasteiger partial charge is 0.353 e. The quantitative estimate of drug-likeness (QED) is 0.366. The Bertz CT molecular complexity index is 1180. The van der Waals surface area contributed by atoms with Gasteiger partial charge in [-0.2, -0.15) is 0 Å². The average Bonchev–Trinajstić information content (AvgIpc) is 3.27. The topological polar surface area (TPSA) is 72.7 Å². The van der Waals surface area contributed by atoms with Crippen molar-refractivity contribution in [1.29, 1.82) is 0 Å². The van der Waals surface area contributed by atoms with E-state index >= 15 is 0 Å². The molecule has 0 unspecified atom stereocenters.